The van der Waals surface area contributed by atoms with Crippen molar-refractivity contribution in [3.8, 4) is 5.75 Å². The molecule has 114 valence electrons. The van der Waals surface area contributed by atoms with Crippen LogP contribution in [0.15, 0.2) is 47.1 Å². The van der Waals surface area contributed by atoms with Crippen LogP contribution in [0.5, 0.6) is 5.75 Å². The number of aromatic nitrogens is 2. The molecule has 3 aromatic rings. The predicted octanol–water partition coefficient (Wildman–Crippen LogP) is 3.19. The molecule has 0 spiro atoms. The number of aliphatic hydroxyl groups excluding tert-OH is 1. The van der Waals surface area contributed by atoms with Crippen LogP contribution < -0.4 is 0 Å². The smallest absolute Gasteiger partial charge is 0.181 e. The Bertz CT molecular complexity index is 816. The van der Waals surface area contributed by atoms with E-state index in [4.69, 9.17) is 4.74 Å². The molecule has 0 amide bonds. The Labute approximate surface area is 135 Å². The first kappa shape index (κ1) is 15.0. The van der Waals surface area contributed by atoms with Gasteiger partial charge in [0.05, 0.1) is 18.3 Å². The number of methoxy groups -OCH3 is 1. The number of nitrogens with zero attached hydrogens (tertiary/aromatic N) is 2. The molecule has 0 fully saturated rings. The lowest BCUT2D eigenvalue weighted by atomic mass is 10.1. The topological polar surface area (TPSA) is 67.5 Å². The molecule has 0 radical (unpaired) electrons. The molecule has 0 bridgehead atoms. The molecule has 1 unspecified atom stereocenters. The van der Waals surface area contributed by atoms with Crippen LogP contribution in [0.4, 0.5) is 0 Å². The van der Waals surface area contributed by atoms with Crippen molar-refractivity contribution in [2.75, 3.05) is 7.11 Å². The van der Waals surface area contributed by atoms with E-state index in [1.807, 2.05) is 18.2 Å². The Kier molecular flexibility index (Phi) is 4.15. The Hall–Kier alpha value is -1.89. The highest BCUT2D eigenvalue weighted by Crippen LogP contribution is 2.27. The summed E-state index contributed by atoms with van der Waals surface area (Å²) in [4.78, 5) is 0. The van der Waals surface area contributed by atoms with Gasteiger partial charge in [0.15, 0.2) is 6.29 Å². The van der Waals surface area contributed by atoms with Crippen LogP contribution in [-0.4, -0.2) is 27.1 Å². The molecule has 1 heterocycles. The molecular formula is C16H15BrN2O3. The van der Waals surface area contributed by atoms with Crippen molar-refractivity contribution in [1.82, 2.24) is 9.78 Å². The molecular weight excluding hydrogens is 348 g/mol. The highest BCUT2D eigenvalue weighted by atomic mass is 79.9. The van der Waals surface area contributed by atoms with Crippen molar-refractivity contribution in [2.24, 2.45) is 0 Å². The number of rotatable bonds is 4. The number of halogens is 1. The third kappa shape index (κ3) is 2.72. The summed E-state index contributed by atoms with van der Waals surface area (Å²) >= 11 is 3.40. The Morgan fingerprint density at radius 1 is 1.32 bits per heavy atom. The lowest BCUT2D eigenvalue weighted by Gasteiger charge is -2.10. The fourth-order valence-electron chi connectivity index (χ4n) is 2.44. The van der Waals surface area contributed by atoms with Crippen LogP contribution in [-0.2, 0) is 11.3 Å². The number of hydrogen-bond donors (Lipinski definition) is 2. The van der Waals surface area contributed by atoms with Gasteiger partial charge in [0.25, 0.3) is 0 Å². The summed E-state index contributed by atoms with van der Waals surface area (Å²) < 4.78 is 7.66. The summed E-state index contributed by atoms with van der Waals surface area (Å²) in [6.07, 6.45) is 0.711. The first-order valence-electron chi connectivity index (χ1n) is 6.73. The van der Waals surface area contributed by atoms with Crippen molar-refractivity contribution >= 4 is 26.8 Å². The maximum absolute atomic E-state index is 9.96. The average molecular weight is 363 g/mol. The van der Waals surface area contributed by atoms with Gasteiger partial charge in [-0.05, 0) is 24.3 Å². The fourth-order valence-corrected chi connectivity index (χ4v) is 2.84. The summed E-state index contributed by atoms with van der Waals surface area (Å²) in [5.41, 5.74) is 2.30. The fraction of sp³-hybridized carbons (Fsp3) is 0.188. The summed E-state index contributed by atoms with van der Waals surface area (Å²) in [5.74, 6) is 0.222. The summed E-state index contributed by atoms with van der Waals surface area (Å²) in [5, 5.41) is 25.1. The van der Waals surface area contributed by atoms with Gasteiger partial charge in [0, 0.05) is 28.1 Å². The van der Waals surface area contributed by atoms with Crippen LogP contribution in [0.1, 0.15) is 17.4 Å². The lowest BCUT2D eigenvalue weighted by Crippen LogP contribution is -2.03. The van der Waals surface area contributed by atoms with E-state index < -0.39 is 6.29 Å². The maximum Gasteiger partial charge on any atom is 0.181 e. The first-order chi connectivity index (χ1) is 10.6. The second kappa shape index (κ2) is 6.08. The predicted molar refractivity (Wildman–Crippen MR) is 86.6 cm³/mol. The van der Waals surface area contributed by atoms with E-state index in [2.05, 4.69) is 21.0 Å². The van der Waals surface area contributed by atoms with Gasteiger partial charge in [-0.2, -0.15) is 5.10 Å². The van der Waals surface area contributed by atoms with E-state index in [0.717, 1.165) is 20.9 Å². The van der Waals surface area contributed by atoms with Gasteiger partial charge in [-0.3, -0.25) is 4.68 Å². The van der Waals surface area contributed by atoms with E-state index in [0.29, 0.717) is 12.1 Å². The normalized spacial score (nSPS) is 12.7. The minimum absolute atomic E-state index is 0.222. The highest BCUT2D eigenvalue weighted by Gasteiger charge is 2.14. The molecule has 0 saturated carbocycles. The lowest BCUT2D eigenvalue weighted by molar-refractivity contribution is -0.0758. The molecule has 0 aliphatic carbocycles. The maximum atomic E-state index is 9.96. The quantitative estimate of drug-likeness (QED) is 0.699. The van der Waals surface area contributed by atoms with Crippen molar-refractivity contribution in [3.05, 3.63) is 58.2 Å². The van der Waals surface area contributed by atoms with Crippen molar-refractivity contribution in [1.29, 1.82) is 0 Å². The third-order valence-electron chi connectivity index (χ3n) is 3.57. The zero-order valence-electron chi connectivity index (χ0n) is 11.9. The van der Waals surface area contributed by atoms with Gasteiger partial charge >= 0.3 is 0 Å². The minimum atomic E-state index is -0.986. The number of aliphatic hydroxyl groups is 1. The van der Waals surface area contributed by atoms with Gasteiger partial charge in [-0.25, -0.2) is 0 Å². The molecule has 22 heavy (non-hydrogen) atoms. The van der Waals surface area contributed by atoms with Crippen LogP contribution in [0.2, 0.25) is 0 Å². The molecule has 2 aromatic carbocycles. The van der Waals surface area contributed by atoms with Crippen molar-refractivity contribution in [3.63, 3.8) is 0 Å². The van der Waals surface area contributed by atoms with Crippen molar-refractivity contribution < 1.29 is 14.9 Å². The van der Waals surface area contributed by atoms with E-state index >= 15 is 0 Å². The summed E-state index contributed by atoms with van der Waals surface area (Å²) in [6.45, 7) is 0.432. The van der Waals surface area contributed by atoms with Gasteiger partial charge in [0.1, 0.15) is 5.75 Å². The van der Waals surface area contributed by atoms with Crippen LogP contribution in [0, 0.1) is 0 Å². The van der Waals surface area contributed by atoms with Crippen LogP contribution in [0.25, 0.3) is 10.9 Å². The summed E-state index contributed by atoms with van der Waals surface area (Å²) in [7, 11) is 1.45. The molecule has 2 N–H and O–H groups in total. The first-order valence-corrected chi connectivity index (χ1v) is 7.52. The van der Waals surface area contributed by atoms with Crippen molar-refractivity contribution in [2.45, 2.75) is 12.8 Å². The monoisotopic (exact) mass is 362 g/mol. The standard InChI is InChI=1S/C16H15BrN2O3/c1-22-16(21)12-3-2-4-14-13(12)8-18-19(14)9-10-7-11(17)5-6-15(10)20/h2-8,16,20-21H,9H2,1H3. The SMILES string of the molecule is COC(O)c1cccc2c1cnn2Cc1cc(Br)ccc1O. The Balaban J connectivity index is 2.04. The zero-order chi connectivity index (χ0) is 15.7. The zero-order valence-corrected chi connectivity index (χ0v) is 13.5. The number of fused-ring (bicyclic) bond motifs is 1. The van der Waals surface area contributed by atoms with Gasteiger partial charge in [-0.1, -0.05) is 28.1 Å². The molecule has 0 saturated heterocycles. The number of hydrogen-bond acceptors (Lipinski definition) is 4. The van der Waals surface area contributed by atoms with E-state index in [-0.39, 0.29) is 5.75 Å². The molecule has 5 nitrogen and oxygen atoms in total. The van der Waals surface area contributed by atoms with E-state index in [1.54, 1.807) is 29.1 Å². The molecule has 0 aliphatic heterocycles. The molecule has 6 heteroatoms. The van der Waals surface area contributed by atoms with E-state index in [9.17, 15) is 10.2 Å². The number of benzene rings is 2. The molecule has 3 rings (SSSR count). The average Bonchev–Trinajstić information content (AvgIpc) is 2.93. The minimum Gasteiger partial charge on any atom is -0.508 e. The van der Waals surface area contributed by atoms with Crippen LogP contribution >= 0.6 is 15.9 Å². The Morgan fingerprint density at radius 2 is 2.14 bits per heavy atom. The number of ether oxygens (including phenoxy) is 1. The number of phenols is 1. The van der Waals surface area contributed by atoms with Gasteiger partial charge in [-0.15, -0.1) is 0 Å². The van der Waals surface area contributed by atoms with Gasteiger partial charge in [0.2, 0.25) is 0 Å². The second-order valence-corrected chi connectivity index (χ2v) is 5.86. The second-order valence-electron chi connectivity index (χ2n) is 4.94. The Morgan fingerprint density at radius 3 is 2.91 bits per heavy atom. The molecule has 1 atom stereocenters. The molecule has 1 aromatic heterocycles. The largest absolute Gasteiger partial charge is 0.508 e. The number of aromatic hydroxyl groups is 1. The van der Waals surface area contributed by atoms with E-state index in [1.165, 1.54) is 7.11 Å². The number of phenolic OH excluding ortho intramolecular Hbond substituents is 1. The van der Waals surface area contributed by atoms with Gasteiger partial charge < -0.3 is 14.9 Å². The van der Waals surface area contributed by atoms with Crippen LogP contribution in [0.3, 0.4) is 0 Å². The highest BCUT2D eigenvalue weighted by molar-refractivity contribution is 9.10. The summed E-state index contributed by atoms with van der Waals surface area (Å²) in [6, 6.07) is 10.9. The molecule has 0 aliphatic rings. The third-order valence-corrected chi connectivity index (χ3v) is 4.07.